The van der Waals surface area contributed by atoms with Gasteiger partial charge in [0.1, 0.15) is 0 Å². The van der Waals surface area contributed by atoms with Crippen molar-refractivity contribution in [1.29, 1.82) is 0 Å². The van der Waals surface area contributed by atoms with E-state index in [2.05, 4.69) is 0 Å². The van der Waals surface area contributed by atoms with Crippen LogP contribution >= 0.6 is 23.2 Å². The van der Waals surface area contributed by atoms with Gasteiger partial charge in [0.2, 0.25) is 5.91 Å². The molecule has 0 bridgehead atoms. The molecule has 2 N–H and O–H groups in total. The van der Waals surface area contributed by atoms with Crippen molar-refractivity contribution in [1.82, 2.24) is 0 Å². The van der Waals surface area contributed by atoms with Crippen molar-refractivity contribution in [2.75, 3.05) is 17.2 Å². The first-order chi connectivity index (χ1) is 11.0. The lowest BCUT2D eigenvalue weighted by Crippen LogP contribution is -2.41. The highest BCUT2D eigenvalue weighted by atomic mass is 35.5. The molecule has 23 heavy (non-hydrogen) atoms. The smallest absolute Gasteiger partial charge is 0.227 e. The molecule has 3 nitrogen and oxygen atoms in total. The van der Waals surface area contributed by atoms with Gasteiger partial charge in [-0.05, 0) is 48.6 Å². The molecule has 1 aliphatic rings. The maximum atomic E-state index is 12.3. The monoisotopic (exact) mass is 348 g/mol. The van der Waals surface area contributed by atoms with E-state index < -0.39 is 0 Å². The van der Waals surface area contributed by atoms with Gasteiger partial charge in [0.05, 0.1) is 15.7 Å². The number of piperidine rings is 1. The molecule has 0 saturated carbocycles. The van der Waals surface area contributed by atoms with Crippen LogP contribution in [0, 0.1) is 5.92 Å². The van der Waals surface area contributed by atoms with E-state index in [0.717, 1.165) is 18.5 Å². The molecule has 1 amide bonds. The highest BCUT2D eigenvalue weighted by Crippen LogP contribution is 2.36. The lowest BCUT2D eigenvalue weighted by Gasteiger charge is -2.33. The third kappa shape index (κ3) is 3.62. The maximum Gasteiger partial charge on any atom is 0.227 e. The van der Waals surface area contributed by atoms with E-state index in [0.29, 0.717) is 34.6 Å². The third-order valence-corrected chi connectivity index (χ3v) is 4.83. The first-order valence-electron chi connectivity index (χ1n) is 7.63. The highest BCUT2D eigenvalue weighted by molar-refractivity contribution is 6.39. The predicted octanol–water partition coefficient (Wildman–Crippen LogP) is 4.56. The quantitative estimate of drug-likeness (QED) is 0.826. The fourth-order valence-corrected chi connectivity index (χ4v) is 3.63. The number of nitrogens with zero attached hydrogens (tertiary/aromatic N) is 1. The summed E-state index contributed by atoms with van der Waals surface area (Å²) >= 11 is 12.5. The molecule has 0 aliphatic carbocycles. The van der Waals surface area contributed by atoms with E-state index in [1.807, 2.05) is 24.3 Å². The van der Waals surface area contributed by atoms with Gasteiger partial charge < -0.3 is 10.6 Å². The minimum atomic E-state index is 0.0774. The van der Waals surface area contributed by atoms with Crippen LogP contribution in [0.1, 0.15) is 18.4 Å². The number of carbonyl (C=O) groups excluding carboxylic acids is 1. The van der Waals surface area contributed by atoms with Crippen molar-refractivity contribution in [3.05, 3.63) is 58.1 Å². The largest absolute Gasteiger partial charge is 0.399 e. The van der Waals surface area contributed by atoms with Crippen molar-refractivity contribution in [3.63, 3.8) is 0 Å². The first-order valence-corrected chi connectivity index (χ1v) is 8.39. The zero-order valence-corrected chi connectivity index (χ0v) is 14.1. The van der Waals surface area contributed by atoms with Gasteiger partial charge in [0, 0.05) is 18.7 Å². The van der Waals surface area contributed by atoms with E-state index in [-0.39, 0.29) is 5.91 Å². The van der Waals surface area contributed by atoms with Gasteiger partial charge >= 0.3 is 0 Å². The number of para-hydroxylation sites is 1. The van der Waals surface area contributed by atoms with Gasteiger partial charge in [-0.15, -0.1) is 0 Å². The zero-order valence-electron chi connectivity index (χ0n) is 12.6. The van der Waals surface area contributed by atoms with Crippen molar-refractivity contribution < 1.29 is 4.79 Å². The number of nitrogens with two attached hydrogens (primary N) is 1. The molecule has 2 aromatic carbocycles. The first kappa shape index (κ1) is 16.2. The Morgan fingerprint density at radius 1 is 1.09 bits per heavy atom. The Labute approximate surface area is 146 Å². The van der Waals surface area contributed by atoms with Gasteiger partial charge in [-0.2, -0.15) is 0 Å². The molecular formula is C18H18Cl2N2O. The Bertz CT molecular complexity index is 695. The fourth-order valence-electron chi connectivity index (χ4n) is 3.03. The minimum Gasteiger partial charge on any atom is -0.399 e. The van der Waals surface area contributed by atoms with Gasteiger partial charge in [-0.25, -0.2) is 0 Å². The van der Waals surface area contributed by atoms with E-state index in [1.165, 1.54) is 5.56 Å². The topological polar surface area (TPSA) is 46.3 Å². The number of amides is 1. The Kier molecular flexibility index (Phi) is 4.79. The summed E-state index contributed by atoms with van der Waals surface area (Å²) in [5.74, 6) is 0.456. The van der Waals surface area contributed by atoms with Crippen LogP contribution in [0.5, 0.6) is 0 Å². The van der Waals surface area contributed by atoms with Crippen molar-refractivity contribution in [3.8, 4) is 0 Å². The van der Waals surface area contributed by atoms with Crippen LogP contribution in [0.25, 0.3) is 0 Å². The lowest BCUT2D eigenvalue weighted by atomic mass is 9.90. The van der Waals surface area contributed by atoms with Crippen LogP contribution in [-0.4, -0.2) is 12.5 Å². The van der Waals surface area contributed by atoms with Crippen LogP contribution in [0.4, 0.5) is 11.4 Å². The van der Waals surface area contributed by atoms with E-state index >= 15 is 0 Å². The normalized spacial score (nSPS) is 18.3. The fraction of sp³-hybridized carbons (Fsp3) is 0.278. The summed E-state index contributed by atoms with van der Waals surface area (Å²) in [4.78, 5) is 14.1. The summed E-state index contributed by atoms with van der Waals surface area (Å²) in [6.45, 7) is 0.632. The number of anilines is 2. The standard InChI is InChI=1S/C18H18Cl2N2O/c19-15-2-1-3-16(20)18(15)22-11-13(6-9-17(22)23)10-12-4-7-14(21)8-5-12/h1-5,7-8,13H,6,9-11,21H2. The molecule has 0 aromatic heterocycles. The molecule has 1 fully saturated rings. The SMILES string of the molecule is Nc1ccc(CC2CCC(=O)N(c3c(Cl)cccc3Cl)C2)cc1. The van der Waals surface area contributed by atoms with Crippen molar-refractivity contribution in [2.24, 2.45) is 5.92 Å². The Hall–Kier alpha value is -1.71. The summed E-state index contributed by atoms with van der Waals surface area (Å²) in [5.41, 5.74) is 8.34. The summed E-state index contributed by atoms with van der Waals surface area (Å²) in [7, 11) is 0. The summed E-state index contributed by atoms with van der Waals surface area (Å²) < 4.78 is 0. The molecule has 0 spiro atoms. The van der Waals surface area contributed by atoms with Crippen LogP contribution in [-0.2, 0) is 11.2 Å². The lowest BCUT2D eigenvalue weighted by molar-refractivity contribution is -0.120. The second-order valence-electron chi connectivity index (χ2n) is 5.93. The van der Waals surface area contributed by atoms with Crippen LogP contribution in [0.2, 0.25) is 10.0 Å². The molecule has 1 heterocycles. The van der Waals surface area contributed by atoms with Gasteiger partial charge in [0.15, 0.2) is 0 Å². The predicted molar refractivity (Wildman–Crippen MR) is 96.1 cm³/mol. The summed E-state index contributed by atoms with van der Waals surface area (Å²) in [6, 6.07) is 13.2. The number of hydrogen-bond acceptors (Lipinski definition) is 2. The molecule has 5 heteroatoms. The second-order valence-corrected chi connectivity index (χ2v) is 6.74. The number of rotatable bonds is 3. The number of nitrogen functional groups attached to an aromatic ring is 1. The van der Waals surface area contributed by atoms with Crippen molar-refractivity contribution in [2.45, 2.75) is 19.3 Å². The molecular weight excluding hydrogens is 331 g/mol. The molecule has 1 saturated heterocycles. The molecule has 2 aromatic rings. The van der Waals surface area contributed by atoms with Gasteiger partial charge in [0.25, 0.3) is 0 Å². The minimum absolute atomic E-state index is 0.0774. The Morgan fingerprint density at radius 2 is 1.74 bits per heavy atom. The van der Waals surface area contributed by atoms with E-state index in [4.69, 9.17) is 28.9 Å². The number of hydrogen-bond donors (Lipinski definition) is 1. The number of halogens is 2. The Morgan fingerprint density at radius 3 is 2.39 bits per heavy atom. The maximum absolute atomic E-state index is 12.3. The zero-order chi connectivity index (χ0) is 16.4. The van der Waals surface area contributed by atoms with Crippen LogP contribution < -0.4 is 10.6 Å². The van der Waals surface area contributed by atoms with Gasteiger partial charge in [-0.1, -0.05) is 41.4 Å². The van der Waals surface area contributed by atoms with Gasteiger partial charge in [-0.3, -0.25) is 4.79 Å². The molecule has 1 unspecified atom stereocenters. The second kappa shape index (κ2) is 6.81. The summed E-state index contributed by atoms with van der Waals surface area (Å²) in [5, 5.41) is 1.03. The van der Waals surface area contributed by atoms with E-state index in [1.54, 1.807) is 23.1 Å². The average Bonchev–Trinajstić information content (AvgIpc) is 2.52. The molecule has 3 rings (SSSR count). The molecule has 1 aliphatic heterocycles. The Balaban J connectivity index is 1.79. The van der Waals surface area contributed by atoms with Crippen LogP contribution in [0.3, 0.4) is 0 Å². The molecule has 1 atom stereocenters. The number of carbonyl (C=O) groups is 1. The molecule has 0 radical (unpaired) electrons. The van der Waals surface area contributed by atoms with Crippen molar-refractivity contribution >= 4 is 40.5 Å². The number of benzene rings is 2. The van der Waals surface area contributed by atoms with E-state index in [9.17, 15) is 4.79 Å². The average molecular weight is 349 g/mol. The summed E-state index contributed by atoms with van der Waals surface area (Å²) in [6.07, 6.45) is 2.30. The highest BCUT2D eigenvalue weighted by Gasteiger charge is 2.29. The molecule has 120 valence electrons. The van der Waals surface area contributed by atoms with Crippen LogP contribution in [0.15, 0.2) is 42.5 Å². The third-order valence-electron chi connectivity index (χ3n) is 4.22.